The summed E-state index contributed by atoms with van der Waals surface area (Å²) in [4.78, 5) is 24.9. The molecule has 3 aromatic rings. The fourth-order valence-corrected chi connectivity index (χ4v) is 3.27. The number of phenols is 1. The van der Waals surface area contributed by atoms with E-state index in [1.54, 1.807) is 19.1 Å². The molecule has 0 saturated carbocycles. The van der Waals surface area contributed by atoms with Crippen LogP contribution in [0, 0.1) is 0 Å². The molecule has 0 fully saturated rings. The van der Waals surface area contributed by atoms with Crippen LogP contribution < -0.4 is 20.2 Å². The lowest BCUT2D eigenvalue weighted by Gasteiger charge is -2.13. The van der Waals surface area contributed by atoms with Crippen LogP contribution in [-0.4, -0.2) is 36.9 Å². The van der Waals surface area contributed by atoms with Gasteiger partial charge < -0.3 is 19.9 Å². The monoisotopic (exact) mass is 455 g/mol. The fourth-order valence-electron chi connectivity index (χ4n) is 3.04. The Morgan fingerprint density at radius 1 is 1.03 bits per heavy atom. The van der Waals surface area contributed by atoms with Crippen molar-refractivity contribution < 1.29 is 24.2 Å². The number of hydrogen-bond donors (Lipinski definition) is 3. The molecule has 8 nitrogen and oxygen atoms in total. The van der Waals surface area contributed by atoms with Gasteiger partial charge in [0.2, 0.25) is 5.91 Å². The first-order valence-electron chi connectivity index (χ1n) is 9.59. The van der Waals surface area contributed by atoms with Crippen LogP contribution in [0.2, 0.25) is 5.02 Å². The zero-order chi connectivity index (χ0) is 23.3. The van der Waals surface area contributed by atoms with Gasteiger partial charge in [0.25, 0.3) is 5.91 Å². The van der Waals surface area contributed by atoms with Crippen LogP contribution >= 0.6 is 11.6 Å². The molecular weight excluding hydrogens is 434 g/mol. The number of anilines is 1. The molecule has 166 valence electrons. The van der Waals surface area contributed by atoms with Gasteiger partial charge in [-0.05, 0) is 29.8 Å². The minimum Gasteiger partial charge on any atom is -0.507 e. The zero-order valence-corrected chi connectivity index (χ0v) is 18.5. The van der Waals surface area contributed by atoms with Gasteiger partial charge in [0.15, 0.2) is 0 Å². The number of rotatable bonds is 7. The van der Waals surface area contributed by atoms with Gasteiger partial charge in [-0.15, -0.1) is 0 Å². The SMILES string of the molecule is COc1cc(NC(=O)C/C(C)=N\NC(=O)c2cc3ccccc3cc2O)c(OC)cc1Cl. The van der Waals surface area contributed by atoms with Crippen molar-refractivity contribution >= 4 is 45.6 Å². The average Bonchev–Trinajstić information content (AvgIpc) is 2.77. The van der Waals surface area contributed by atoms with E-state index in [9.17, 15) is 14.7 Å². The van der Waals surface area contributed by atoms with Gasteiger partial charge >= 0.3 is 0 Å². The molecule has 0 aliphatic heterocycles. The third-order valence-corrected chi connectivity index (χ3v) is 4.92. The summed E-state index contributed by atoms with van der Waals surface area (Å²) in [5, 5.41) is 18.8. The molecule has 3 N–H and O–H groups in total. The number of carbonyl (C=O) groups is 2. The van der Waals surface area contributed by atoms with E-state index >= 15 is 0 Å². The Morgan fingerprint density at radius 3 is 2.34 bits per heavy atom. The molecule has 0 aliphatic carbocycles. The van der Waals surface area contributed by atoms with Crippen molar-refractivity contribution in [2.45, 2.75) is 13.3 Å². The maximum absolute atomic E-state index is 12.5. The summed E-state index contributed by atoms with van der Waals surface area (Å²) < 4.78 is 10.4. The van der Waals surface area contributed by atoms with E-state index in [0.29, 0.717) is 27.9 Å². The van der Waals surface area contributed by atoms with Crippen molar-refractivity contribution in [3.05, 3.63) is 59.1 Å². The van der Waals surface area contributed by atoms with Gasteiger partial charge in [-0.2, -0.15) is 5.10 Å². The number of carbonyl (C=O) groups excluding carboxylic acids is 2. The predicted molar refractivity (Wildman–Crippen MR) is 124 cm³/mol. The molecule has 0 spiro atoms. The van der Waals surface area contributed by atoms with Crippen LogP contribution in [-0.2, 0) is 4.79 Å². The summed E-state index contributed by atoms with van der Waals surface area (Å²) in [5.74, 6) is -0.362. The van der Waals surface area contributed by atoms with Crippen molar-refractivity contribution in [2.24, 2.45) is 5.10 Å². The van der Waals surface area contributed by atoms with E-state index in [-0.39, 0.29) is 23.6 Å². The second-order valence-electron chi connectivity index (χ2n) is 6.92. The van der Waals surface area contributed by atoms with E-state index in [0.717, 1.165) is 10.8 Å². The van der Waals surface area contributed by atoms with E-state index in [4.69, 9.17) is 21.1 Å². The highest BCUT2D eigenvalue weighted by molar-refractivity contribution is 6.32. The molecule has 0 saturated heterocycles. The number of nitrogens with one attached hydrogen (secondary N) is 2. The number of hydrazone groups is 1. The van der Waals surface area contributed by atoms with E-state index in [2.05, 4.69) is 15.8 Å². The molecular formula is C23H22ClN3O5. The summed E-state index contributed by atoms with van der Waals surface area (Å²) in [5.41, 5.74) is 3.20. The van der Waals surface area contributed by atoms with Crippen molar-refractivity contribution in [1.82, 2.24) is 5.43 Å². The van der Waals surface area contributed by atoms with Crippen LogP contribution in [0.4, 0.5) is 5.69 Å². The number of nitrogens with zero attached hydrogens (tertiary/aromatic N) is 1. The summed E-state index contributed by atoms with van der Waals surface area (Å²) in [6.07, 6.45) is -0.0852. The molecule has 3 aromatic carbocycles. The Labute approximate surface area is 189 Å². The Morgan fingerprint density at radius 2 is 1.69 bits per heavy atom. The minimum atomic E-state index is -0.586. The van der Waals surface area contributed by atoms with E-state index in [1.807, 2.05) is 24.3 Å². The highest BCUT2D eigenvalue weighted by Crippen LogP contribution is 2.35. The first kappa shape index (κ1) is 22.9. The summed E-state index contributed by atoms with van der Waals surface area (Å²) in [6.45, 7) is 1.60. The van der Waals surface area contributed by atoms with Crippen LogP contribution in [0.15, 0.2) is 53.6 Å². The van der Waals surface area contributed by atoms with Crippen LogP contribution in [0.5, 0.6) is 17.2 Å². The zero-order valence-electron chi connectivity index (χ0n) is 17.7. The van der Waals surface area contributed by atoms with Gasteiger partial charge in [0.1, 0.15) is 17.2 Å². The van der Waals surface area contributed by atoms with Gasteiger partial charge in [-0.1, -0.05) is 35.9 Å². The van der Waals surface area contributed by atoms with Gasteiger partial charge in [0.05, 0.1) is 36.9 Å². The lowest BCUT2D eigenvalue weighted by molar-refractivity contribution is -0.115. The number of fused-ring (bicyclic) bond motifs is 1. The number of halogens is 1. The minimum absolute atomic E-state index is 0.0852. The molecule has 2 amide bonds. The predicted octanol–water partition coefficient (Wildman–Crippen LogP) is 4.35. The largest absolute Gasteiger partial charge is 0.507 e. The number of phenolic OH excluding ortho intramolecular Hbond substituents is 1. The highest BCUT2D eigenvalue weighted by atomic mass is 35.5. The van der Waals surface area contributed by atoms with Crippen molar-refractivity contribution in [3.8, 4) is 17.2 Å². The van der Waals surface area contributed by atoms with Gasteiger partial charge in [0, 0.05) is 17.8 Å². The standard InChI is InChI=1S/C23H22ClN3O5/c1-13(8-22(29)25-18-12-20(31-2)17(24)11-21(18)32-3)26-27-23(30)16-9-14-6-4-5-7-15(14)10-19(16)28/h4-7,9-12,28H,8H2,1-3H3,(H,25,29)(H,27,30)/b26-13-. The summed E-state index contributed by atoms with van der Waals surface area (Å²) in [7, 11) is 2.92. The molecule has 0 aromatic heterocycles. The lowest BCUT2D eigenvalue weighted by atomic mass is 10.1. The maximum Gasteiger partial charge on any atom is 0.275 e. The molecule has 0 aliphatic rings. The van der Waals surface area contributed by atoms with Gasteiger partial charge in [-0.3, -0.25) is 9.59 Å². The number of benzene rings is 3. The first-order chi connectivity index (χ1) is 15.3. The van der Waals surface area contributed by atoms with Crippen LogP contribution in [0.25, 0.3) is 10.8 Å². The Balaban J connectivity index is 1.67. The quantitative estimate of drug-likeness (QED) is 0.362. The number of aromatic hydroxyl groups is 1. The molecule has 9 heteroatoms. The van der Waals surface area contributed by atoms with Crippen LogP contribution in [0.1, 0.15) is 23.7 Å². The normalized spacial score (nSPS) is 11.2. The van der Waals surface area contributed by atoms with Crippen LogP contribution in [0.3, 0.4) is 0 Å². The third-order valence-electron chi connectivity index (χ3n) is 4.62. The topological polar surface area (TPSA) is 109 Å². The Bertz CT molecular complexity index is 1210. The molecule has 0 radical (unpaired) electrons. The number of methoxy groups -OCH3 is 2. The van der Waals surface area contributed by atoms with Gasteiger partial charge in [-0.25, -0.2) is 5.43 Å². The average molecular weight is 456 g/mol. The van der Waals surface area contributed by atoms with E-state index in [1.165, 1.54) is 26.4 Å². The van der Waals surface area contributed by atoms with E-state index < -0.39 is 5.91 Å². The highest BCUT2D eigenvalue weighted by Gasteiger charge is 2.15. The summed E-state index contributed by atoms with van der Waals surface area (Å²) in [6, 6.07) is 13.5. The summed E-state index contributed by atoms with van der Waals surface area (Å²) >= 11 is 6.07. The number of amides is 2. The molecule has 32 heavy (non-hydrogen) atoms. The second kappa shape index (κ2) is 10.0. The van der Waals surface area contributed by atoms with Crippen molar-refractivity contribution in [2.75, 3.05) is 19.5 Å². The lowest BCUT2D eigenvalue weighted by Crippen LogP contribution is -2.21. The Kier molecular flexibility index (Phi) is 7.17. The number of hydrogen-bond acceptors (Lipinski definition) is 6. The molecule has 0 heterocycles. The smallest absolute Gasteiger partial charge is 0.275 e. The van der Waals surface area contributed by atoms with Crippen molar-refractivity contribution in [3.63, 3.8) is 0 Å². The molecule has 3 rings (SSSR count). The molecule has 0 bridgehead atoms. The number of ether oxygens (including phenoxy) is 2. The third kappa shape index (κ3) is 5.28. The first-order valence-corrected chi connectivity index (χ1v) is 9.96. The van der Waals surface area contributed by atoms with Crippen molar-refractivity contribution in [1.29, 1.82) is 0 Å². The maximum atomic E-state index is 12.5. The Hall–Kier alpha value is -3.78. The second-order valence-corrected chi connectivity index (χ2v) is 7.32. The molecule has 0 unspecified atom stereocenters. The fraction of sp³-hybridized carbons (Fsp3) is 0.174. The molecule has 0 atom stereocenters.